The second-order valence-electron chi connectivity index (χ2n) is 3.23. The van der Waals surface area contributed by atoms with Gasteiger partial charge in [-0.2, -0.15) is 0 Å². The fourth-order valence-electron chi connectivity index (χ4n) is 1.56. The molecule has 17 heavy (non-hydrogen) atoms. The van der Waals surface area contributed by atoms with Crippen molar-refractivity contribution in [1.29, 1.82) is 0 Å². The molecule has 0 fully saturated rings. The Labute approximate surface area is 105 Å². The molecule has 1 aromatic rings. The molecule has 0 aliphatic heterocycles. The second kappa shape index (κ2) is 5.01. The van der Waals surface area contributed by atoms with Crippen molar-refractivity contribution in [1.82, 2.24) is 0 Å². The molecule has 0 heterocycles. The topological polar surface area (TPSA) is 61.8 Å². The molecule has 0 aromatic heterocycles. The number of hydrogen-bond donors (Lipinski definition) is 0. The van der Waals surface area contributed by atoms with Gasteiger partial charge in [-0.05, 0) is 18.6 Å². The molecule has 1 rings (SSSR count). The molecular weight excluding hydrogens is 268 g/mol. The zero-order chi connectivity index (χ0) is 13.2. The number of hydrogen-bond acceptors (Lipinski definition) is 5. The minimum Gasteiger partial charge on any atom is -0.493 e. The van der Waals surface area contributed by atoms with Crippen molar-refractivity contribution in [3.8, 4) is 17.2 Å². The van der Waals surface area contributed by atoms with Gasteiger partial charge in [0, 0.05) is 10.7 Å². The Morgan fingerprint density at radius 1 is 1.06 bits per heavy atom. The van der Waals surface area contributed by atoms with Gasteiger partial charge in [0.2, 0.25) is 5.75 Å². The van der Waals surface area contributed by atoms with E-state index in [9.17, 15) is 8.42 Å². The SMILES string of the molecule is COc1cc(C)c(S(=O)(=O)Cl)c(OC)c1OC. The Kier molecular flexibility index (Phi) is 4.11. The smallest absolute Gasteiger partial charge is 0.265 e. The fraction of sp³-hybridized carbons (Fsp3) is 0.400. The van der Waals surface area contributed by atoms with Gasteiger partial charge in [0.15, 0.2) is 11.5 Å². The molecule has 0 amide bonds. The van der Waals surface area contributed by atoms with Gasteiger partial charge in [-0.25, -0.2) is 8.42 Å². The Morgan fingerprint density at radius 3 is 1.94 bits per heavy atom. The lowest BCUT2D eigenvalue weighted by Crippen LogP contribution is -2.03. The summed E-state index contributed by atoms with van der Waals surface area (Å²) in [7, 11) is 5.62. The van der Waals surface area contributed by atoms with Crippen LogP contribution >= 0.6 is 10.7 Å². The molecule has 0 spiro atoms. The zero-order valence-electron chi connectivity index (χ0n) is 9.90. The lowest BCUT2D eigenvalue weighted by Gasteiger charge is -2.16. The predicted octanol–water partition coefficient (Wildman–Crippen LogP) is 1.95. The third-order valence-electron chi connectivity index (χ3n) is 2.21. The maximum absolute atomic E-state index is 11.5. The van der Waals surface area contributed by atoms with Gasteiger partial charge in [0.1, 0.15) is 4.90 Å². The largest absolute Gasteiger partial charge is 0.493 e. The highest BCUT2D eigenvalue weighted by atomic mass is 35.7. The van der Waals surface area contributed by atoms with Gasteiger partial charge in [0.25, 0.3) is 9.05 Å². The zero-order valence-corrected chi connectivity index (χ0v) is 11.5. The maximum Gasteiger partial charge on any atom is 0.265 e. The van der Waals surface area contributed by atoms with E-state index in [4.69, 9.17) is 24.9 Å². The molecule has 0 atom stereocenters. The molecule has 7 heteroatoms. The summed E-state index contributed by atoms with van der Waals surface area (Å²) in [6.45, 7) is 1.60. The summed E-state index contributed by atoms with van der Waals surface area (Å²) in [6.07, 6.45) is 0. The van der Waals surface area contributed by atoms with E-state index < -0.39 is 9.05 Å². The second-order valence-corrected chi connectivity index (χ2v) is 5.73. The summed E-state index contributed by atoms with van der Waals surface area (Å²) >= 11 is 0. The number of halogens is 1. The lowest BCUT2D eigenvalue weighted by molar-refractivity contribution is 0.318. The Bertz CT molecular complexity index is 524. The van der Waals surface area contributed by atoms with Crippen LogP contribution in [0.2, 0.25) is 0 Å². The van der Waals surface area contributed by atoms with Crippen molar-refractivity contribution >= 4 is 19.7 Å². The first-order valence-corrected chi connectivity index (χ1v) is 6.92. The normalized spacial score (nSPS) is 11.1. The molecule has 0 radical (unpaired) electrons. The third-order valence-corrected chi connectivity index (χ3v) is 3.67. The van der Waals surface area contributed by atoms with Crippen LogP contribution in [0.15, 0.2) is 11.0 Å². The first kappa shape index (κ1) is 13.9. The number of aryl methyl sites for hydroxylation is 1. The standard InChI is InChI=1S/C10H13ClO5S/c1-6-5-7(14-2)8(15-3)9(16-4)10(6)17(11,12)13/h5H,1-4H3. The monoisotopic (exact) mass is 280 g/mol. The highest BCUT2D eigenvalue weighted by Gasteiger charge is 2.26. The molecule has 0 unspecified atom stereocenters. The van der Waals surface area contributed by atoms with Gasteiger partial charge in [-0.15, -0.1) is 0 Å². The van der Waals surface area contributed by atoms with E-state index in [0.717, 1.165) is 0 Å². The number of rotatable bonds is 4. The van der Waals surface area contributed by atoms with Gasteiger partial charge in [0.05, 0.1) is 21.3 Å². The summed E-state index contributed by atoms with van der Waals surface area (Å²) in [6, 6.07) is 1.52. The van der Waals surface area contributed by atoms with Crippen molar-refractivity contribution in [3.63, 3.8) is 0 Å². The van der Waals surface area contributed by atoms with E-state index in [-0.39, 0.29) is 16.4 Å². The molecule has 0 bridgehead atoms. The van der Waals surface area contributed by atoms with Crippen molar-refractivity contribution in [2.24, 2.45) is 0 Å². The molecule has 5 nitrogen and oxygen atoms in total. The van der Waals surface area contributed by atoms with Crippen LogP contribution in [0.4, 0.5) is 0 Å². The summed E-state index contributed by atoms with van der Waals surface area (Å²) in [4.78, 5) is -0.112. The summed E-state index contributed by atoms with van der Waals surface area (Å²) in [5.41, 5.74) is 0.425. The molecule has 0 N–H and O–H groups in total. The maximum atomic E-state index is 11.5. The molecule has 0 aliphatic rings. The molecule has 96 valence electrons. The lowest BCUT2D eigenvalue weighted by atomic mass is 10.2. The number of benzene rings is 1. The van der Waals surface area contributed by atoms with Crippen LogP contribution in [0.3, 0.4) is 0 Å². The Balaban J connectivity index is 3.73. The van der Waals surface area contributed by atoms with E-state index in [1.54, 1.807) is 6.92 Å². The summed E-state index contributed by atoms with van der Waals surface area (Å²) in [5.74, 6) is 0.616. The van der Waals surface area contributed by atoms with Crippen LogP contribution in [-0.4, -0.2) is 29.7 Å². The third kappa shape index (κ3) is 2.58. The van der Waals surface area contributed by atoms with Crippen molar-refractivity contribution < 1.29 is 22.6 Å². The summed E-state index contributed by atoms with van der Waals surface area (Å²) in [5, 5.41) is 0. The summed E-state index contributed by atoms with van der Waals surface area (Å²) < 4.78 is 38.2. The molecular formula is C10H13ClO5S. The minimum atomic E-state index is -3.92. The minimum absolute atomic E-state index is 0.0411. The molecule has 0 aliphatic carbocycles. The van der Waals surface area contributed by atoms with Crippen molar-refractivity contribution in [3.05, 3.63) is 11.6 Å². The highest BCUT2D eigenvalue weighted by molar-refractivity contribution is 8.13. The van der Waals surface area contributed by atoms with Crippen LogP contribution in [0.1, 0.15) is 5.56 Å². The van der Waals surface area contributed by atoms with Crippen LogP contribution in [0.5, 0.6) is 17.2 Å². The van der Waals surface area contributed by atoms with Crippen LogP contribution < -0.4 is 14.2 Å². The van der Waals surface area contributed by atoms with Gasteiger partial charge in [-0.1, -0.05) is 0 Å². The molecule has 0 saturated carbocycles. The highest BCUT2D eigenvalue weighted by Crippen LogP contribution is 2.44. The Hall–Kier alpha value is -1.14. The Morgan fingerprint density at radius 2 is 1.59 bits per heavy atom. The van der Waals surface area contributed by atoms with Crippen LogP contribution in [0, 0.1) is 6.92 Å². The van der Waals surface area contributed by atoms with Crippen molar-refractivity contribution in [2.45, 2.75) is 11.8 Å². The van der Waals surface area contributed by atoms with Crippen LogP contribution in [-0.2, 0) is 9.05 Å². The number of ether oxygens (including phenoxy) is 3. The van der Waals surface area contributed by atoms with E-state index >= 15 is 0 Å². The molecule has 1 aromatic carbocycles. The average Bonchev–Trinajstić information content (AvgIpc) is 2.25. The van der Waals surface area contributed by atoms with Gasteiger partial charge in [-0.3, -0.25) is 0 Å². The number of methoxy groups -OCH3 is 3. The van der Waals surface area contributed by atoms with E-state index in [1.807, 2.05) is 0 Å². The van der Waals surface area contributed by atoms with E-state index in [0.29, 0.717) is 11.3 Å². The quantitative estimate of drug-likeness (QED) is 0.789. The van der Waals surface area contributed by atoms with Gasteiger partial charge >= 0.3 is 0 Å². The first-order chi connectivity index (χ1) is 7.86. The van der Waals surface area contributed by atoms with E-state index in [2.05, 4.69) is 0 Å². The van der Waals surface area contributed by atoms with E-state index in [1.165, 1.54) is 27.4 Å². The van der Waals surface area contributed by atoms with Crippen molar-refractivity contribution in [2.75, 3.05) is 21.3 Å². The fourth-order valence-corrected chi connectivity index (χ4v) is 2.97. The average molecular weight is 281 g/mol. The van der Waals surface area contributed by atoms with Gasteiger partial charge < -0.3 is 14.2 Å². The first-order valence-electron chi connectivity index (χ1n) is 4.61. The predicted molar refractivity (Wildman–Crippen MR) is 63.9 cm³/mol. The van der Waals surface area contributed by atoms with Crippen LogP contribution in [0.25, 0.3) is 0 Å². The molecule has 0 saturated heterocycles.